The zero-order valence-corrected chi connectivity index (χ0v) is 13.5. The van der Waals surface area contributed by atoms with E-state index in [2.05, 4.69) is 42.3 Å². The van der Waals surface area contributed by atoms with Crippen LogP contribution in [0.4, 0.5) is 5.69 Å². The molecule has 0 spiro atoms. The fourth-order valence-electron chi connectivity index (χ4n) is 3.20. The van der Waals surface area contributed by atoms with E-state index in [9.17, 15) is 0 Å². The molecule has 0 amide bonds. The smallest absolute Gasteiger partial charge is 0.153 e. The molecular formula is C19H21N3O. The molecule has 1 saturated heterocycles. The standard InChI is InChI=1S/C19H21N3O/c1-13-7-8-18-16(11-13)21-19(22-10-9-20-14(2)12-22)15-5-3-4-6-17(15)23-18/h3-8,11,14,20H,9-10,12H2,1-2H3. The molecule has 4 rings (SSSR count). The van der Waals surface area contributed by atoms with E-state index in [1.807, 2.05) is 24.3 Å². The third kappa shape index (κ3) is 2.70. The Morgan fingerprint density at radius 2 is 2.04 bits per heavy atom. The highest BCUT2D eigenvalue weighted by atomic mass is 16.5. The van der Waals surface area contributed by atoms with E-state index < -0.39 is 0 Å². The molecular weight excluding hydrogens is 286 g/mol. The van der Waals surface area contributed by atoms with Crippen molar-refractivity contribution in [1.29, 1.82) is 0 Å². The number of aliphatic imine (C=N–C) groups is 1. The summed E-state index contributed by atoms with van der Waals surface area (Å²) in [4.78, 5) is 7.35. The van der Waals surface area contributed by atoms with Gasteiger partial charge in [0.25, 0.3) is 0 Å². The first-order valence-electron chi connectivity index (χ1n) is 8.15. The van der Waals surface area contributed by atoms with E-state index in [1.165, 1.54) is 5.56 Å². The van der Waals surface area contributed by atoms with Crippen LogP contribution in [0, 0.1) is 6.92 Å². The zero-order chi connectivity index (χ0) is 15.8. The maximum atomic E-state index is 6.15. The Balaban J connectivity index is 1.86. The van der Waals surface area contributed by atoms with Crippen LogP contribution >= 0.6 is 0 Å². The van der Waals surface area contributed by atoms with Gasteiger partial charge in [-0.05, 0) is 43.7 Å². The van der Waals surface area contributed by atoms with Crippen LogP contribution in [-0.4, -0.2) is 36.4 Å². The zero-order valence-electron chi connectivity index (χ0n) is 13.5. The summed E-state index contributed by atoms with van der Waals surface area (Å²) < 4.78 is 6.15. The van der Waals surface area contributed by atoms with Crippen LogP contribution in [0.2, 0.25) is 0 Å². The van der Waals surface area contributed by atoms with Gasteiger partial charge in [0.15, 0.2) is 5.75 Å². The number of amidine groups is 1. The van der Waals surface area contributed by atoms with Gasteiger partial charge < -0.3 is 15.0 Å². The molecule has 1 fully saturated rings. The summed E-state index contributed by atoms with van der Waals surface area (Å²) in [5.74, 6) is 2.71. The van der Waals surface area contributed by atoms with Crippen molar-refractivity contribution >= 4 is 11.5 Å². The topological polar surface area (TPSA) is 36.9 Å². The Kier molecular flexibility index (Phi) is 3.54. The summed E-state index contributed by atoms with van der Waals surface area (Å²) >= 11 is 0. The molecule has 0 aliphatic carbocycles. The molecule has 2 aromatic carbocycles. The lowest BCUT2D eigenvalue weighted by Crippen LogP contribution is -2.51. The minimum Gasteiger partial charge on any atom is -0.454 e. The van der Waals surface area contributed by atoms with Crippen molar-refractivity contribution in [2.24, 2.45) is 4.99 Å². The van der Waals surface area contributed by atoms with Crippen molar-refractivity contribution in [3.8, 4) is 11.5 Å². The van der Waals surface area contributed by atoms with Crippen molar-refractivity contribution in [2.75, 3.05) is 19.6 Å². The largest absolute Gasteiger partial charge is 0.454 e. The Hall–Kier alpha value is -2.33. The highest BCUT2D eigenvalue weighted by Crippen LogP contribution is 2.38. The second kappa shape index (κ2) is 5.70. The summed E-state index contributed by atoms with van der Waals surface area (Å²) in [5.41, 5.74) is 3.16. The Morgan fingerprint density at radius 3 is 2.91 bits per heavy atom. The van der Waals surface area contributed by atoms with Crippen LogP contribution in [0.25, 0.3) is 0 Å². The van der Waals surface area contributed by atoms with Crippen LogP contribution in [0.3, 0.4) is 0 Å². The SMILES string of the molecule is Cc1ccc2c(c1)N=C(N1CCNC(C)C1)c1ccccc1O2. The third-order valence-corrected chi connectivity index (χ3v) is 4.36. The Morgan fingerprint density at radius 1 is 1.17 bits per heavy atom. The van der Waals surface area contributed by atoms with Crippen molar-refractivity contribution < 1.29 is 4.74 Å². The molecule has 1 atom stereocenters. The maximum Gasteiger partial charge on any atom is 0.153 e. The van der Waals surface area contributed by atoms with E-state index in [4.69, 9.17) is 9.73 Å². The molecule has 0 radical (unpaired) electrons. The lowest BCUT2D eigenvalue weighted by molar-refractivity contribution is 0.304. The first-order valence-corrected chi connectivity index (χ1v) is 8.15. The number of fused-ring (bicyclic) bond motifs is 2. The lowest BCUT2D eigenvalue weighted by Gasteiger charge is -2.34. The van der Waals surface area contributed by atoms with Gasteiger partial charge in [0.05, 0.1) is 5.56 Å². The van der Waals surface area contributed by atoms with Gasteiger partial charge in [0.1, 0.15) is 17.3 Å². The monoisotopic (exact) mass is 307 g/mol. The minimum atomic E-state index is 0.458. The second-order valence-electron chi connectivity index (χ2n) is 6.31. The number of nitrogens with one attached hydrogen (secondary N) is 1. The minimum absolute atomic E-state index is 0.458. The number of hydrogen-bond donors (Lipinski definition) is 1. The quantitative estimate of drug-likeness (QED) is 0.809. The van der Waals surface area contributed by atoms with E-state index in [1.54, 1.807) is 0 Å². The van der Waals surface area contributed by atoms with Gasteiger partial charge in [0, 0.05) is 25.7 Å². The predicted molar refractivity (Wildman–Crippen MR) is 92.9 cm³/mol. The van der Waals surface area contributed by atoms with E-state index in [0.29, 0.717) is 6.04 Å². The average molecular weight is 307 g/mol. The van der Waals surface area contributed by atoms with Crippen molar-refractivity contribution in [1.82, 2.24) is 10.2 Å². The van der Waals surface area contributed by atoms with Crippen LogP contribution in [-0.2, 0) is 0 Å². The normalized spacial score (nSPS) is 20.0. The molecule has 4 heteroatoms. The second-order valence-corrected chi connectivity index (χ2v) is 6.31. The third-order valence-electron chi connectivity index (χ3n) is 4.36. The molecule has 0 aromatic heterocycles. The number of hydrogen-bond acceptors (Lipinski definition) is 4. The van der Waals surface area contributed by atoms with Crippen LogP contribution in [0.5, 0.6) is 11.5 Å². The number of ether oxygens (including phenoxy) is 1. The first kappa shape index (κ1) is 14.3. The number of rotatable bonds is 0. The fourth-order valence-corrected chi connectivity index (χ4v) is 3.20. The van der Waals surface area contributed by atoms with Crippen LogP contribution in [0.15, 0.2) is 47.5 Å². The van der Waals surface area contributed by atoms with Gasteiger partial charge in [-0.3, -0.25) is 0 Å². The van der Waals surface area contributed by atoms with Gasteiger partial charge in [-0.25, -0.2) is 4.99 Å². The Labute approximate surface area is 136 Å². The summed E-state index contributed by atoms with van der Waals surface area (Å²) in [6.07, 6.45) is 0. The lowest BCUT2D eigenvalue weighted by atomic mass is 10.1. The molecule has 0 saturated carbocycles. The van der Waals surface area contributed by atoms with Gasteiger partial charge in [-0.1, -0.05) is 18.2 Å². The predicted octanol–water partition coefficient (Wildman–Crippen LogP) is 3.47. The van der Waals surface area contributed by atoms with E-state index >= 15 is 0 Å². The molecule has 0 bridgehead atoms. The molecule has 118 valence electrons. The number of piperazine rings is 1. The van der Waals surface area contributed by atoms with Gasteiger partial charge in [-0.2, -0.15) is 0 Å². The van der Waals surface area contributed by atoms with Gasteiger partial charge in [-0.15, -0.1) is 0 Å². The molecule has 2 aliphatic rings. The summed E-state index contributed by atoms with van der Waals surface area (Å²) in [7, 11) is 0. The fraction of sp³-hybridized carbons (Fsp3) is 0.316. The highest BCUT2D eigenvalue weighted by Gasteiger charge is 2.25. The van der Waals surface area contributed by atoms with E-state index in [-0.39, 0.29) is 0 Å². The number of nitrogens with zero attached hydrogens (tertiary/aromatic N) is 2. The van der Waals surface area contributed by atoms with Crippen molar-refractivity contribution in [2.45, 2.75) is 19.9 Å². The van der Waals surface area contributed by atoms with Crippen molar-refractivity contribution in [3.63, 3.8) is 0 Å². The molecule has 2 aromatic rings. The first-order chi connectivity index (χ1) is 11.2. The number of benzene rings is 2. The molecule has 23 heavy (non-hydrogen) atoms. The summed E-state index contributed by atoms with van der Waals surface area (Å²) in [6.45, 7) is 7.18. The molecule has 2 aliphatic heterocycles. The maximum absolute atomic E-state index is 6.15. The number of aryl methyl sites for hydroxylation is 1. The summed E-state index contributed by atoms with van der Waals surface area (Å²) in [6, 6.07) is 14.8. The molecule has 4 nitrogen and oxygen atoms in total. The molecule has 1 unspecified atom stereocenters. The molecule has 1 N–H and O–H groups in total. The number of para-hydroxylation sites is 1. The molecule has 2 heterocycles. The van der Waals surface area contributed by atoms with Gasteiger partial charge in [0.2, 0.25) is 0 Å². The van der Waals surface area contributed by atoms with Crippen LogP contribution in [0.1, 0.15) is 18.1 Å². The summed E-state index contributed by atoms with van der Waals surface area (Å²) in [5, 5.41) is 3.49. The average Bonchev–Trinajstić information content (AvgIpc) is 2.71. The van der Waals surface area contributed by atoms with Gasteiger partial charge >= 0.3 is 0 Å². The highest BCUT2D eigenvalue weighted by molar-refractivity contribution is 6.03. The van der Waals surface area contributed by atoms with E-state index in [0.717, 1.165) is 48.2 Å². The van der Waals surface area contributed by atoms with Crippen LogP contribution < -0.4 is 10.1 Å². The Bertz CT molecular complexity index is 769. The van der Waals surface area contributed by atoms with Crippen molar-refractivity contribution in [3.05, 3.63) is 53.6 Å².